The first-order chi connectivity index (χ1) is 15.2. The van der Waals surface area contributed by atoms with E-state index in [9.17, 15) is 9.59 Å². The fourth-order valence-corrected chi connectivity index (χ4v) is 4.51. The lowest BCUT2D eigenvalue weighted by Crippen LogP contribution is -2.37. The van der Waals surface area contributed by atoms with Crippen molar-refractivity contribution in [2.45, 2.75) is 18.8 Å². The summed E-state index contributed by atoms with van der Waals surface area (Å²) in [5.41, 5.74) is 3.02. The van der Waals surface area contributed by atoms with Crippen molar-refractivity contribution in [3.63, 3.8) is 0 Å². The Morgan fingerprint density at radius 1 is 1.00 bits per heavy atom. The third kappa shape index (κ3) is 3.86. The van der Waals surface area contributed by atoms with Gasteiger partial charge in [0.2, 0.25) is 11.9 Å². The number of piperidine rings is 1. The van der Waals surface area contributed by atoms with Crippen LogP contribution in [0.2, 0.25) is 0 Å². The topological polar surface area (TPSA) is 87.2 Å². The summed E-state index contributed by atoms with van der Waals surface area (Å²) in [4.78, 5) is 36.4. The monoisotopic (exact) mass is 413 g/mol. The van der Waals surface area contributed by atoms with Crippen LogP contribution in [0.25, 0.3) is 0 Å². The van der Waals surface area contributed by atoms with Crippen molar-refractivity contribution in [3.05, 3.63) is 78.1 Å². The largest absolute Gasteiger partial charge is 0.341 e. The molecule has 2 aliphatic rings. The molecular formula is C24H23N5O2. The van der Waals surface area contributed by atoms with Crippen molar-refractivity contribution in [1.82, 2.24) is 9.97 Å². The number of carbonyl (C=O) groups is 2. The van der Waals surface area contributed by atoms with Gasteiger partial charge in [-0.25, -0.2) is 9.97 Å². The Labute approximate surface area is 180 Å². The number of benzene rings is 2. The summed E-state index contributed by atoms with van der Waals surface area (Å²) in [7, 11) is 0. The standard InChI is InChI=1S/C24H23N5O2/c30-22(27-18-5-2-1-3-6-18)17-7-8-20-19(15-17)21(23(31)28-20)16-9-13-29(14-10-16)24-25-11-4-12-26-24/h1-8,11-12,15-16,21H,9-10,13-14H2,(H,27,30)(H,28,31)/t21-/m0/s1. The molecule has 2 amide bonds. The molecule has 1 atom stereocenters. The first-order valence-corrected chi connectivity index (χ1v) is 10.5. The van der Waals surface area contributed by atoms with Crippen LogP contribution in [-0.4, -0.2) is 34.9 Å². The predicted molar refractivity (Wildman–Crippen MR) is 119 cm³/mol. The van der Waals surface area contributed by atoms with E-state index in [0.29, 0.717) is 5.56 Å². The number of rotatable bonds is 4. The van der Waals surface area contributed by atoms with E-state index in [1.165, 1.54) is 0 Å². The number of nitrogens with zero attached hydrogens (tertiary/aromatic N) is 3. The van der Waals surface area contributed by atoms with Crippen molar-refractivity contribution < 1.29 is 9.59 Å². The van der Waals surface area contributed by atoms with Gasteiger partial charge in [-0.1, -0.05) is 18.2 Å². The molecule has 0 bridgehead atoms. The van der Waals surface area contributed by atoms with Crippen LogP contribution in [0.5, 0.6) is 0 Å². The molecule has 1 aromatic heterocycles. The van der Waals surface area contributed by atoms with E-state index in [0.717, 1.165) is 48.8 Å². The van der Waals surface area contributed by atoms with Crippen molar-refractivity contribution in [1.29, 1.82) is 0 Å². The van der Waals surface area contributed by atoms with Gasteiger partial charge in [-0.15, -0.1) is 0 Å². The summed E-state index contributed by atoms with van der Waals surface area (Å²) < 4.78 is 0. The lowest BCUT2D eigenvalue weighted by atomic mass is 9.80. The summed E-state index contributed by atoms with van der Waals surface area (Å²) >= 11 is 0. The molecule has 3 heterocycles. The second-order valence-corrected chi connectivity index (χ2v) is 7.96. The van der Waals surface area contributed by atoms with Crippen molar-refractivity contribution in [3.8, 4) is 0 Å². The van der Waals surface area contributed by atoms with E-state index in [1.54, 1.807) is 18.5 Å². The summed E-state index contributed by atoms with van der Waals surface area (Å²) in [5.74, 6) is 0.553. The number of hydrogen-bond donors (Lipinski definition) is 2. The predicted octanol–water partition coefficient (Wildman–Crippen LogP) is 3.68. The lowest BCUT2D eigenvalue weighted by molar-refractivity contribution is -0.118. The fraction of sp³-hybridized carbons (Fsp3) is 0.250. The number of hydrogen-bond acceptors (Lipinski definition) is 5. The van der Waals surface area contributed by atoms with E-state index >= 15 is 0 Å². The Bertz CT molecular complexity index is 1100. The Morgan fingerprint density at radius 2 is 1.74 bits per heavy atom. The lowest BCUT2D eigenvalue weighted by Gasteiger charge is -2.34. The maximum absolute atomic E-state index is 12.8. The Kier molecular flexibility index (Phi) is 5.08. The van der Waals surface area contributed by atoms with Crippen LogP contribution < -0.4 is 15.5 Å². The molecule has 1 fully saturated rings. The zero-order valence-corrected chi connectivity index (χ0v) is 17.0. The minimum absolute atomic E-state index is 0.0185. The van der Waals surface area contributed by atoms with E-state index in [-0.39, 0.29) is 23.7 Å². The molecule has 2 aliphatic heterocycles. The van der Waals surface area contributed by atoms with Crippen LogP contribution in [0.3, 0.4) is 0 Å². The second-order valence-electron chi connectivity index (χ2n) is 7.96. The van der Waals surface area contributed by atoms with Gasteiger partial charge in [0, 0.05) is 42.4 Å². The molecule has 0 radical (unpaired) electrons. The zero-order chi connectivity index (χ0) is 21.2. The van der Waals surface area contributed by atoms with Gasteiger partial charge in [-0.05, 0) is 60.7 Å². The highest BCUT2D eigenvalue weighted by molar-refractivity contribution is 6.07. The van der Waals surface area contributed by atoms with Crippen LogP contribution in [0.15, 0.2) is 67.0 Å². The number of fused-ring (bicyclic) bond motifs is 1. The average Bonchev–Trinajstić information content (AvgIpc) is 3.15. The number of amides is 2. The molecule has 1 saturated heterocycles. The smallest absolute Gasteiger partial charge is 0.255 e. The van der Waals surface area contributed by atoms with Crippen molar-refractivity contribution in [2.75, 3.05) is 28.6 Å². The summed E-state index contributed by atoms with van der Waals surface area (Å²) in [6.07, 6.45) is 5.24. The molecule has 5 rings (SSSR count). The normalized spacial score (nSPS) is 18.4. The molecule has 31 heavy (non-hydrogen) atoms. The van der Waals surface area contributed by atoms with E-state index in [2.05, 4.69) is 25.5 Å². The molecule has 156 valence electrons. The molecule has 0 saturated carbocycles. The average molecular weight is 413 g/mol. The number of aromatic nitrogens is 2. The van der Waals surface area contributed by atoms with Gasteiger partial charge in [0.25, 0.3) is 5.91 Å². The van der Waals surface area contributed by atoms with Crippen molar-refractivity contribution in [2.24, 2.45) is 5.92 Å². The maximum Gasteiger partial charge on any atom is 0.255 e. The molecule has 0 unspecified atom stereocenters. The molecule has 0 spiro atoms. The van der Waals surface area contributed by atoms with Crippen LogP contribution >= 0.6 is 0 Å². The molecule has 7 heteroatoms. The van der Waals surface area contributed by atoms with Gasteiger partial charge >= 0.3 is 0 Å². The van der Waals surface area contributed by atoms with Gasteiger partial charge in [0.1, 0.15) is 0 Å². The number of nitrogens with one attached hydrogen (secondary N) is 2. The first kappa shape index (κ1) is 19.2. The van der Waals surface area contributed by atoms with E-state index < -0.39 is 0 Å². The number of anilines is 3. The van der Waals surface area contributed by atoms with Gasteiger partial charge in [0.05, 0.1) is 5.92 Å². The number of para-hydroxylation sites is 1. The van der Waals surface area contributed by atoms with Gasteiger partial charge in [-0.2, -0.15) is 0 Å². The molecule has 2 N–H and O–H groups in total. The fourth-order valence-electron chi connectivity index (χ4n) is 4.51. The highest BCUT2D eigenvalue weighted by atomic mass is 16.2. The quantitative estimate of drug-likeness (QED) is 0.681. The Hall–Kier alpha value is -3.74. The molecule has 2 aromatic carbocycles. The Balaban J connectivity index is 1.32. The Morgan fingerprint density at radius 3 is 2.48 bits per heavy atom. The van der Waals surface area contributed by atoms with Gasteiger partial charge in [0.15, 0.2) is 0 Å². The minimum atomic E-state index is -0.238. The van der Waals surface area contributed by atoms with Crippen LogP contribution in [0.4, 0.5) is 17.3 Å². The molecule has 3 aromatic rings. The number of carbonyl (C=O) groups excluding carboxylic acids is 2. The van der Waals surface area contributed by atoms with Gasteiger partial charge in [-0.3, -0.25) is 9.59 Å². The minimum Gasteiger partial charge on any atom is -0.341 e. The first-order valence-electron chi connectivity index (χ1n) is 10.5. The van der Waals surface area contributed by atoms with Crippen LogP contribution in [0, 0.1) is 5.92 Å². The van der Waals surface area contributed by atoms with E-state index in [4.69, 9.17) is 0 Å². The highest BCUT2D eigenvalue weighted by Gasteiger charge is 2.39. The highest BCUT2D eigenvalue weighted by Crippen LogP contribution is 2.42. The van der Waals surface area contributed by atoms with Crippen LogP contribution in [-0.2, 0) is 4.79 Å². The SMILES string of the molecule is O=C(Nc1ccccc1)c1ccc2c(c1)[C@H](C1CCN(c3ncccn3)CC1)C(=O)N2. The maximum atomic E-state index is 12.8. The second kappa shape index (κ2) is 8.18. The van der Waals surface area contributed by atoms with Crippen LogP contribution in [0.1, 0.15) is 34.7 Å². The van der Waals surface area contributed by atoms with Gasteiger partial charge < -0.3 is 15.5 Å². The molecular weight excluding hydrogens is 390 g/mol. The van der Waals surface area contributed by atoms with E-state index in [1.807, 2.05) is 48.5 Å². The van der Waals surface area contributed by atoms with Crippen molar-refractivity contribution >= 4 is 29.1 Å². The summed E-state index contributed by atoms with van der Waals surface area (Å²) in [6, 6.07) is 16.6. The summed E-state index contributed by atoms with van der Waals surface area (Å²) in [6.45, 7) is 1.62. The zero-order valence-electron chi connectivity index (χ0n) is 17.0. The molecule has 7 nitrogen and oxygen atoms in total. The third-order valence-electron chi connectivity index (χ3n) is 6.07. The third-order valence-corrected chi connectivity index (χ3v) is 6.07. The summed E-state index contributed by atoms with van der Waals surface area (Å²) in [5, 5.41) is 5.91. The molecule has 0 aliphatic carbocycles.